The number of carboxylic acids is 1. The highest BCUT2D eigenvalue weighted by Crippen LogP contribution is 2.25. The monoisotopic (exact) mass is 304 g/mol. The van der Waals surface area contributed by atoms with Crippen molar-refractivity contribution >= 4 is 46.6 Å². The van der Waals surface area contributed by atoms with Crippen molar-refractivity contribution in [2.75, 3.05) is 11.5 Å². The van der Waals surface area contributed by atoms with E-state index in [1.807, 2.05) is 6.07 Å². The molecule has 2 heterocycles. The van der Waals surface area contributed by atoms with Crippen LogP contribution in [0.15, 0.2) is 17.3 Å². The maximum atomic E-state index is 10.5. The SMILES string of the molecule is Nc1nnc(SCC(=O)O)n1Cc1ccc(Cl)s1. The van der Waals surface area contributed by atoms with Crippen molar-refractivity contribution < 1.29 is 9.90 Å². The normalized spacial score (nSPS) is 10.7. The predicted octanol–water partition coefficient (Wildman–Crippen LogP) is 1.80. The number of nitrogen functional groups attached to an aromatic ring is 1. The number of carboxylic acid groups (broad SMARTS) is 1. The minimum Gasteiger partial charge on any atom is -0.481 e. The highest BCUT2D eigenvalue weighted by Gasteiger charge is 2.13. The summed E-state index contributed by atoms with van der Waals surface area (Å²) < 4.78 is 2.35. The molecule has 6 nitrogen and oxygen atoms in total. The summed E-state index contributed by atoms with van der Waals surface area (Å²) in [7, 11) is 0. The van der Waals surface area contributed by atoms with Crippen LogP contribution in [-0.2, 0) is 11.3 Å². The molecule has 0 spiro atoms. The third-order valence-corrected chi connectivity index (χ3v) is 4.18. The number of aliphatic carboxylic acids is 1. The van der Waals surface area contributed by atoms with E-state index in [0.717, 1.165) is 16.6 Å². The summed E-state index contributed by atoms with van der Waals surface area (Å²) in [5.41, 5.74) is 5.70. The molecule has 96 valence electrons. The van der Waals surface area contributed by atoms with Crippen LogP contribution in [-0.4, -0.2) is 31.6 Å². The van der Waals surface area contributed by atoms with Crippen LogP contribution in [0, 0.1) is 0 Å². The average Bonchev–Trinajstić information content (AvgIpc) is 2.85. The molecule has 2 rings (SSSR count). The summed E-state index contributed by atoms with van der Waals surface area (Å²) in [6.45, 7) is 0.484. The number of nitrogens with zero attached hydrogens (tertiary/aromatic N) is 3. The molecule has 18 heavy (non-hydrogen) atoms. The Kier molecular flexibility index (Phi) is 4.10. The van der Waals surface area contributed by atoms with Gasteiger partial charge in [0.2, 0.25) is 5.95 Å². The first-order chi connectivity index (χ1) is 8.56. The van der Waals surface area contributed by atoms with Gasteiger partial charge in [0.25, 0.3) is 0 Å². The van der Waals surface area contributed by atoms with Gasteiger partial charge in [-0.2, -0.15) is 0 Å². The molecule has 0 aliphatic rings. The van der Waals surface area contributed by atoms with E-state index in [0.29, 0.717) is 16.0 Å². The van der Waals surface area contributed by atoms with Gasteiger partial charge in [-0.3, -0.25) is 9.36 Å². The van der Waals surface area contributed by atoms with Gasteiger partial charge >= 0.3 is 5.97 Å². The molecule has 0 unspecified atom stereocenters. The Hall–Kier alpha value is -1.25. The number of anilines is 1. The summed E-state index contributed by atoms with van der Waals surface area (Å²) in [5, 5.41) is 16.7. The average molecular weight is 305 g/mol. The summed E-state index contributed by atoms with van der Waals surface area (Å²) in [6, 6.07) is 3.68. The molecule has 0 amide bonds. The molecule has 0 aliphatic carbocycles. The van der Waals surface area contributed by atoms with Crippen molar-refractivity contribution in [3.63, 3.8) is 0 Å². The summed E-state index contributed by atoms with van der Waals surface area (Å²) in [4.78, 5) is 11.5. The van der Waals surface area contributed by atoms with Gasteiger partial charge in [-0.15, -0.1) is 21.5 Å². The summed E-state index contributed by atoms with van der Waals surface area (Å²) >= 11 is 8.37. The van der Waals surface area contributed by atoms with Crippen LogP contribution in [0.1, 0.15) is 4.88 Å². The maximum Gasteiger partial charge on any atom is 0.313 e. The number of hydrogen-bond acceptors (Lipinski definition) is 6. The fraction of sp³-hybridized carbons (Fsp3) is 0.222. The van der Waals surface area contributed by atoms with Crippen LogP contribution in [0.25, 0.3) is 0 Å². The number of rotatable bonds is 5. The molecule has 9 heteroatoms. The van der Waals surface area contributed by atoms with E-state index in [-0.39, 0.29) is 11.7 Å². The second-order valence-electron chi connectivity index (χ2n) is 3.32. The molecular weight excluding hydrogens is 296 g/mol. The first kappa shape index (κ1) is 13.2. The summed E-state index contributed by atoms with van der Waals surface area (Å²) in [6.07, 6.45) is 0. The highest BCUT2D eigenvalue weighted by molar-refractivity contribution is 7.99. The van der Waals surface area contributed by atoms with Crippen LogP contribution in [0.4, 0.5) is 5.95 Å². The number of carbonyl (C=O) groups is 1. The van der Waals surface area contributed by atoms with E-state index >= 15 is 0 Å². The smallest absolute Gasteiger partial charge is 0.313 e. The molecular formula is C9H9ClN4O2S2. The Morgan fingerprint density at radius 1 is 1.56 bits per heavy atom. The third kappa shape index (κ3) is 3.15. The van der Waals surface area contributed by atoms with E-state index in [4.69, 9.17) is 22.4 Å². The number of aromatic nitrogens is 3. The van der Waals surface area contributed by atoms with E-state index in [9.17, 15) is 4.79 Å². The quantitative estimate of drug-likeness (QED) is 0.818. The molecule has 0 saturated carbocycles. The lowest BCUT2D eigenvalue weighted by Crippen LogP contribution is -2.06. The second kappa shape index (κ2) is 5.59. The Morgan fingerprint density at radius 3 is 2.94 bits per heavy atom. The molecule has 0 aliphatic heterocycles. The largest absolute Gasteiger partial charge is 0.481 e. The van der Waals surface area contributed by atoms with Gasteiger partial charge < -0.3 is 10.8 Å². The Morgan fingerprint density at radius 2 is 2.33 bits per heavy atom. The minimum absolute atomic E-state index is 0.0800. The van der Waals surface area contributed by atoms with Crippen LogP contribution in [0.5, 0.6) is 0 Å². The molecule has 0 radical (unpaired) electrons. The molecule has 3 N–H and O–H groups in total. The van der Waals surface area contributed by atoms with Crippen LogP contribution in [0.2, 0.25) is 4.34 Å². The molecule has 0 fully saturated rings. The van der Waals surface area contributed by atoms with Gasteiger partial charge in [0.1, 0.15) is 0 Å². The van der Waals surface area contributed by atoms with Crippen LogP contribution >= 0.6 is 34.7 Å². The van der Waals surface area contributed by atoms with E-state index in [2.05, 4.69) is 10.2 Å². The van der Waals surface area contributed by atoms with E-state index < -0.39 is 5.97 Å². The maximum absolute atomic E-state index is 10.5. The first-order valence-corrected chi connectivity index (χ1v) is 7.01. The van der Waals surface area contributed by atoms with Crippen molar-refractivity contribution in [3.05, 3.63) is 21.3 Å². The zero-order chi connectivity index (χ0) is 13.1. The van der Waals surface area contributed by atoms with Gasteiger partial charge in [-0.1, -0.05) is 23.4 Å². The van der Waals surface area contributed by atoms with E-state index in [1.54, 1.807) is 10.6 Å². The summed E-state index contributed by atoms with van der Waals surface area (Å²) in [5.74, 6) is -0.733. The zero-order valence-corrected chi connectivity index (χ0v) is 11.4. The van der Waals surface area contributed by atoms with Crippen LogP contribution in [0.3, 0.4) is 0 Å². The van der Waals surface area contributed by atoms with Gasteiger partial charge in [0.05, 0.1) is 16.6 Å². The second-order valence-corrected chi connectivity index (χ2v) is 6.06. The van der Waals surface area contributed by atoms with Crippen molar-refractivity contribution in [1.82, 2.24) is 14.8 Å². The lowest BCUT2D eigenvalue weighted by Gasteiger charge is -2.05. The standard InChI is InChI=1S/C9H9ClN4O2S2/c10-6-2-1-5(18-6)3-14-8(11)12-13-9(14)17-4-7(15)16/h1-2H,3-4H2,(H2,11,12)(H,15,16). The number of thioether (sulfide) groups is 1. The highest BCUT2D eigenvalue weighted by atomic mass is 35.5. The number of hydrogen-bond donors (Lipinski definition) is 2. The number of thiophene rings is 1. The Labute approximate surface area is 116 Å². The number of halogens is 1. The topological polar surface area (TPSA) is 94.0 Å². The van der Waals surface area contributed by atoms with Crippen molar-refractivity contribution in [2.45, 2.75) is 11.7 Å². The molecule has 2 aromatic rings. The van der Waals surface area contributed by atoms with Crippen molar-refractivity contribution in [3.8, 4) is 0 Å². The molecule has 0 atom stereocenters. The Bertz CT molecular complexity index is 569. The lowest BCUT2D eigenvalue weighted by atomic mass is 10.4. The lowest BCUT2D eigenvalue weighted by molar-refractivity contribution is -0.133. The van der Waals surface area contributed by atoms with Gasteiger partial charge in [-0.25, -0.2) is 0 Å². The van der Waals surface area contributed by atoms with Gasteiger partial charge in [-0.05, 0) is 12.1 Å². The molecule has 2 aromatic heterocycles. The van der Waals surface area contributed by atoms with Crippen molar-refractivity contribution in [2.24, 2.45) is 0 Å². The number of nitrogens with two attached hydrogens (primary N) is 1. The van der Waals surface area contributed by atoms with Crippen molar-refractivity contribution in [1.29, 1.82) is 0 Å². The first-order valence-electron chi connectivity index (χ1n) is 4.83. The molecule has 0 aromatic carbocycles. The third-order valence-electron chi connectivity index (χ3n) is 2.01. The molecule has 0 bridgehead atoms. The van der Waals surface area contributed by atoms with Crippen LogP contribution < -0.4 is 5.73 Å². The van der Waals surface area contributed by atoms with E-state index in [1.165, 1.54) is 11.3 Å². The Balaban J connectivity index is 2.16. The minimum atomic E-state index is -0.910. The fourth-order valence-electron chi connectivity index (χ4n) is 1.27. The zero-order valence-electron chi connectivity index (χ0n) is 9.04. The molecule has 0 saturated heterocycles. The fourth-order valence-corrected chi connectivity index (χ4v) is 3.02. The van der Waals surface area contributed by atoms with Gasteiger partial charge in [0, 0.05) is 4.88 Å². The van der Waals surface area contributed by atoms with Gasteiger partial charge in [0.15, 0.2) is 5.16 Å². The predicted molar refractivity (Wildman–Crippen MR) is 71.2 cm³/mol.